The molecule has 1 aromatic heterocycles. The summed E-state index contributed by atoms with van der Waals surface area (Å²) in [5.74, 6) is 0.222. The molecule has 80 valence electrons. The fourth-order valence-electron chi connectivity index (χ4n) is 1.41. The van der Waals surface area contributed by atoms with Gasteiger partial charge in [-0.05, 0) is 29.7 Å². The van der Waals surface area contributed by atoms with Gasteiger partial charge >= 0.3 is 0 Å². The van der Waals surface area contributed by atoms with Gasteiger partial charge in [0.2, 0.25) is 6.41 Å². The molecule has 1 aromatic carbocycles. The van der Waals surface area contributed by atoms with Gasteiger partial charge in [0.25, 0.3) is 0 Å². The Bertz CT molecular complexity index is 550. The second-order valence-corrected chi connectivity index (χ2v) is 3.26. The number of aromatic nitrogens is 1. The van der Waals surface area contributed by atoms with Crippen LogP contribution in [0.15, 0.2) is 36.7 Å². The van der Waals surface area contributed by atoms with Gasteiger partial charge < -0.3 is 10.4 Å². The molecule has 0 unspecified atom stereocenters. The van der Waals surface area contributed by atoms with Crippen LogP contribution in [-0.2, 0) is 4.79 Å². The van der Waals surface area contributed by atoms with Gasteiger partial charge in [0.15, 0.2) is 0 Å². The normalized spacial score (nSPS) is 10.8. The molecular formula is C12H10N2O2. The number of pyridine rings is 1. The van der Waals surface area contributed by atoms with Crippen LogP contribution in [0.25, 0.3) is 16.8 Å². The average Bonchev–Trinajstić information content (AvgIpc) is 2.29. The van der Waals surface area contributed by atoms with Crippen molar-refractivity contribution in [3.63, 3.8) is 0 Å². The summed E-state index contributed by atoms with van der Waals surface area (Å²) in [5, 5.41) is 13.6. The number of nitrogens with zero attached hydrogens (tertiary/aromatic N) is 1. The molecule has 0 atom stereocenters. The molecule has 2 N–H and O–H groups in total. The van der Waals surface area contributed by atoms with Crippen molar-refractivity contribution in [3.8, 4) is 5.75 Å². The largest absolute Gasteiger partial charge is 0.508 e. The summed E-state index contributed by atoms with van der Waals surface area (Å²) in [5.41, 5.74) is 0.743. The monoisotopic (exact) mass is 214 g/mol. The smallest absolute Gasteiger partial charge is 0.211 e. The lowest BCUT2D eigenvalue weighted by Crippen LogP contribution is -1.98. The molecule has 0 aliphatic heterocycles. The van der Waals surface area contributed by atoms with Gasteiger partial charge in [0, 0.05) is 17.8 Å². The molecule has 1 amide bonds. The van der Waals surface area contributed by atoms with E-state index in [0.717, 1.165) is 16.5 Å². The highest BCUT2D eigenvalue weighted by atomic mass is 16.3. The molecule has 0 fully saturated rings. The van der Waals surface area contributed by atoms with Crippen LogP contribution >= 0.6 is 0 Å². The Kier molecular flexibility index (Phi) is 2.82. The zero-order valence-corrected chi connectivity index (χ0v) is 8.42. The van der Waals surface area contributed by atoms with Gasteiger partial charge in [-0.3, -0.25) is 9.78 Å². The van der Waals surface area contributed by atoms with Crippen molar-refractivity contribution < 1.29 is 9.90 Å². The number of phenolic OH excluding ortho intramolecular Hbond substituents is 1. The molecule has 0 saturated heterocycles. The van der Waals surface area contributed by atoms with Crippen LogP contribution in [0.2, 0.25) is 0 Å². The summed E-state index contributed by atoms with van der Waals surface area (Å²) in [4.78, 5) is 14.2. The minimum absolute atomic E-state index is 0.222. The maximum atomic E-state index is 10.0. The van der Waals surface area contributed by atoms with Crippen LogP contribution < -0.4 is 5.32 Å². The first-order chi connectivity index (χ1) is 7.79. The second-order valence-electron chi connectivity index (χ2n) is 3.26. The highest BCUT2D eigenvalue weighted by molar-refractivity contribution is 5.84. The zero-order valence-electron chi connectivity index (χ0n) is 8.42. The Morgan fingerprint density at radius 2 is 2.12 bits per heavy atom. The third kappa shape index (κ3) is 2.17. The number of carbonyl (C=O) groups is 1. The van der Waals surface area contributed by atoms with Crippen molar-refractivity contribution in [2.24, 2.45) is 0 Å². The Hall–Kier alpha value is -2.36. The van der Waals surface area contributed by atoms with Crippen LogP contribution in [-0.4, -0.2) is 16.5 Å². The van der Waals surface area contributed by atoms with E-state index in [0.29, 0.717) is 6.41 Å². The molecule has 0 aliphatic carbocycles. The first kappa shape index (κ1) is 10.2. The van der Waals surface area contributed by atoms with E-state index >= 15 is 0 Å². The van der Waals surface area contributed by atoms with Gasteiger partial charge in [-0.2, -0.15) is 0 Å². The summed E-state index contributed by atoms with van der Waals surface area (Å²) in [6.45, 7) is 0. The minimum atomic E-state index is 0.222. The molecule has 0 radical (unpaired) electrons. The van der Waals surface area contributed by atoms with E-state index in [4.69, 9.17) is 0 Å². The lowest BCUT2D eigenvalue weighted by atomic mass is 10.1. The highest BCUT2D eigenvalue weighted by Gasteiger charge is 1.96. The van der Waals surface area contributed by atoms with Crippen molar-refractivity contribution in [3.05, 3.63) is 42.4 Å². The lowest BCUT2D eigenvalue weighted by Gasteiger charge is -1.99. The van der Waals surface area contributed by atoms with Crippen LogP contribution in [0.4, 0.5) is 0 Å². The van der Waals surface area contributed by atoms with Gasteiger partial charge in [0.1, 0.15) is 5.75 Å². The van der Waals surface area contributed by atoms with Crippen molar-refractivity contribution in [1.29, 1.82) is 0 Å². The van der Waals surface area contributed by atoms with E-state index < -0.39 is 0 Å². The predicted octanol–water partition coefficient (Wildman–Crippen LogP) is 1.66. The molecule has 16 heavy (non-hydrogen) atoms. The Labute approximate surface area is 92.2 Å². The summed E-state index contributed by atoms with van der Waals surface area (Å²) < 4.78 is 0. The number of benzene rings is 1. The van der Waals surface area contributed by atoms with Gasteiger partial charge in [-0.1, -0.05) is 6.07 Å². The molecular weight excluding hydrogens is 204 g/mol. The topological polar surface area (TPSA) is 62.2 Å². The summed E-state index contributed by atoms with van der Waals surface area (Å²) >= 11 is 0. The van der Waals surface area contributed by atoms with E-state index in [1.165, 1.54) is 6.20 Å². The Balaban J connectivity index is 2.36. The molecule has 4 heteroatoms. The van der Waals surface area contributed by atoms with E-state index in [1.54, 1.807) is 24.4 Å². The number of rotatable bonds is 3. The minimum Gasteiger partial charge on any atom is -0.508 e. The summed E-state index contributed by atoms with van der Waals surface area (Å²) in [6, 6.07) is 6.97. The summed E-state index contributed by atoms with van der Waals surface area (Å²) in [6.07, 6.45) is 5.48. The fourth-order valence-corrected chi connectivity index (χ4v) is 1.41. The maximum Gasteiger partial charge on any atom is 0.211 e. The third-order valence-corrected chi connectivity index (χ3v) is 2.14. The first-order valence-corrected chi connectivity index (χ1v) is 4.74. The molecule has 4 nitrogen and oxygen atoms in total. The molecule has 1 heterocycles. The number of amides is 1. The molecule has 0 bridgehead atoms. The van der Waals surface area contributed by atoms with E-state index in [-0.39, 0.29) is 5.75 Å². The Morgan fingerprint density at radius 3 is 2.94 bits per heavy atom. The van der Waals surface area contributed by atoms with Crippen LogP contribution in [0.1, 0.15) is 5.69 Å². The predicted molar refractivity (Wildman–Crippen MR) is 61.6 cm³/mol. The number of aromatic hydroxyl groups is 1. The maximum absolute atomic E-state index is 10.0. The number of fused-ring (bicyclic) bond motifs is 1. The van der Waals surface area contributed by atoms with Crippen LogP contribution in [0.3, 0.4) is 0 Å². The molecule has 0 saturated carbocycles. The molecule has 0 spiro atoms. The van der Waals surface area contributed by atoms with Crippen LogP contribution in [0.5, 0.6) is 5.75 Å². The van der Waals surface area contributed by atoms with Crippen molar-refractivity contribution in [1.82, 2.24) is 10.3 Å². The average molecular weight is 214 g/mol. The third-order valence-electron chi connectivity index (χ3n) is 2.14. The van der Waals surface area contributed by atoms with Crippen molar-refractivity contribution >= 4 is 23.3 Å². The second kappa shape index (κ2) is 4.44. The van der Waals surface area contributed by atoms with Gasteiger partial charge in [-0.15, -0.1) is 0 Å². The standard InChI is InChI=1S/C12H10N2O2/c15-8-13-4-3-11-5-9-1-2-12(16)6-10(9)7-14-11/h1-8,16H,(H,13,15). The van der Waals surface area contributed by atoms with Gasteiger partial charge in [-0.25, -0.2) is 0 Å². The molecule has 2 aromatic rings. The van der Waals surface area contributed by atoms with Crippen molar-refractivity contribution in [2.75, 3.05) is 0 Å². The van der Waals surface area contributed by atoms with E-state index in [9.17, 15) is 9.90 Å². The Morgan fingerprint density at radius 1 is 1.25 bits per heavy atom. The number of phenols is 1. The number of hydrogen-bond acceptors (Lipinski definition) is 3. The molecule has 2 rings (SSSR count). The zero-order chi connectivity index (χ0) is 11.4. The summed E-state index contributed by atoms with van der Waals surface area (Å²) in [7, 11) is 0. The number of hydrogen-bond donors (Lipinski definition) is 2. The fraction of sp³-hybridized carbons (Fsp3) is 0. The van der Waals surface area contributed by atoms with Crippen LogP contribution in [0, 0.1) is 0 Å². The lowest BCUT2D eigenvalue weighted by molar-refractivity contribution is -0.108. The first-order valence-electron chi connectivity index (χ1n) is 4.74. The van der Waals surface area contributed by atoms with E-state index in [1.807, 2.05) is 12.1 Å². The SMILES string of the molecule is O=CNC=Cc1cc2ccc(O)cc2cn1. The van der Waals surface area contributed by atoms with E-state index in [2.05, 4.69) is 10.3 Å². The number of nitrogens with one attached hydrogen (secondary N) is 1. The highest BCUT2D eigenvalue weighted by Crippen LogP contribution is 2.19. The quantitative estimate of drug-likeness (QED) is 0.764. The van der Waals surface area contributed by atoms with Crippen molar-refractivity contribution in [2.45, 2.75) is 0 Å². The molecule has 0 aliphatic rings. The number of carbonyl (C=O) groups excluding carboxylic acids is 1. The van der Waals surface area contributed by atoms with Gasteiger partial charge in [0.05, 0.1) is 5.69 Å².